The highest BCUT2D eigenvalue weighted by Crippen LogP contribution is 2.41. The summed E-state index contributed by atoms with van der Waals surface area (Å²) in [5.41, 5.74) is 4.07. The van der Waals surface area contributed by atoms with E-state index >= 15 is 0 Å². The molecule has 0 saturated heterocycles. The number of amidine groups is 1. The molecule has 1 N–H and O–H groups in total. The zero-order valence-electron chi connectivity index (χ0n) is 20.8. The van der Waals surface area contributed by atoms with Gasteiger partial charge in [-0.2, -0.15) is 13.2 Å². The van der Waals surface area contributed by atoms with Crippen LogP contribution in [0.3, 0.4) is 0 Å². The van der Waals surface area contributed by atoms with E-state index in [1.165, 1.54) is 21.1 Å². The molecule has 0 aliphatic carbocycles. The third kappa shape index (κ3) is 6.59. The number of fused-ring (bicyclic) bond motifs is 3. The number of rotatable bonds is 4. The topological polar surface area (TPSA) is 63.5 Å². The average Bonchev–Trinajstić information content (AvgIpc) is 2.95. The highest BCUT2D eigenvalue weighted by atomic mass is 19.4. The quantitative estimate of drug-likeness (QED) is 0.334. The van der Waals surface area contributed by atoms with E-state index in [-0.39, 0.29) is 42.7 Å². The number of aliphatic hydroxyl groups excluding tert-OH is 1. The molecule has 0 bridgehead atoms. The van der Waals surface area contributed by atoms with Crippen LogP contribution in [0.1, 0.15) is 31.9 Å². The number of benzene rings is 1. The summed E-state index contributed by atoms with van der Waals surface area (Å²) in [5, 5.41) is 7.57. The van der Waals surface area contributed by atoms with Gasteiger partial charge in [-0.3, -0.25) is 9.89 Å². The number of methoxy groups -OCH3 is 2. The van der Waals surface area contributed by atoms with Gasteiger partial charge in [0.1, 0.15) is 18.1 Å². The molecule has 6 nitrogen and oxygen atoms in total. The number of alkyl halides is 3. The van der Waals surface area contributed by atoms with Crippen LogP contribution >= 0.6 is 0 Å². The van der Waals surface area contributed by atoms with Crippen molar-refractivity contribution in [1.29, 1.82) is 0 Å². The number of hydrogen-bond donors (Lipinski definition) is 1. The van der Waals surface area contributed by atoms with Crippen molar-refractivity contribution in [3.8, 4) is 0 Å². The predicted octanol–water partition coefficient (Wildman–Crippen LogP) is 5.66. The van der Waals surface area contributed by atoms with Crippen LogP contribution in [-0.2, 0) is 14.2 Å². The summed E-state index contributed by atoms with van der Waals surface area (Å²) in [6.45, 7) is 6.90. The fourth-order valence-electron chi connectivity index (χ4n) is 3.49. The Morgan fingerprint density at radius 3 is 2.51 bits per heavy atom. The summed E-state index contributed by atoms with van der Waals surface area (Å²) in [6.07, 6.45) is 0.743. The number of ether oxygens (including phenoxy) is 3. The highest BCUT2D eigenvalue weighted by molar-refractivity contribution is 6.06. The van der Waals surface area contributed by atoms with Crippen molar-refractivity contribution in [2.45, 2.75) is 33.9 Å². The molecule has 0 aromatic heterocycles. The predicted molar refractivity (Wildman–Crippen MR) is 131 cm³/mol. The van der Waals surface area contributed by atoms with Crippen molar-refractivity contribution in [2.75, 3.05) is 38.9 Å². The molecule has 35 heavy (non-hydrogen) atoms. The van der Waals surface area contributed by atoms with Crippen molar-refractivity contribution >= 4 is 17.3 Å². The number of hydrogen-bond acceptors (Lipinski definition) is 6. The molecule has 0 unspecified atom stereocenters. The second-order valence-corrected chi connectivity index (χ2v) is 7.57. The van der Waals surface area contributed by atoms with E-state index in [1.807, 2.05) is 19.9 Å². The highest BCUT2D eigenvalue weighted by Gasteiger charge is 2.44. The van der Waals surface area contributed by atoms with Crippen LogP contribution in [0, 0.1) is 6.92 Å². The zero-order valence-corrected chi connectivity index (χ0v) is 20.8. The summed E-state index contributed by atoms with van der Waals surface area (Å²) in [6, 6.07) is 5.15. The number of aryl methyl sites for hydroxylation is 1. The molecule has 0 radical (unpaired) electrons. The van der Waals surface area contributed by atoms with Crippen molar-refractivity contribution < 1.29 is 32.5 Å². The maximum atomic E-state index is 14.0. The van der Waals surface area contributed by atoms with Gasteiger partial charge in [-0.05, 0) is 57.2 Å². The Bertz CT molecular complexity index is 1110. The van der Waals surface area contributed by atoms with Gasteiger partial charge in [0.2, 0.25) is 5.76 Å². The second kappa shape index (κ2) is 12.3. The molecule has 2 aliphatic rings. The first kappa shape index (κ1) is 27.8. The fourth-order valence-corrected chi connectivity index (χ4v) is 3.49. The Balaban J connectivity index is 0.00000137. The van der Waals surface area contributed by atoms with Crippen LogP contribution in [0.2, 0.25) is 0 Å². The molecule has 0 fully saturated rings. The molecule has 1 aromatic rings. The Hall–Kier alpha value is -3.42. The number of nitrogens with zero attached hydrogens (tertiary/aromatic N) is 2. The van der Waals surface area contributed by atoms with Crippen molar-refractivity contribution in [2.24, 2.45) is 4.99 Å². The number of aliphatic hydroxyl groups is 1. The van der Waals surface area contributed by atoms with Gasteiger partial charge in [0.25, 0.3) is 0 Å². The Morgan fingerprint density at radius 2 is 1.94 bits per heavy atom. The third-order valence-electron chi connectivity index (χ3n) is 4.95. The van der Waals surface area contributed by atoms with Crippen LogP contribution < -0.4 is 4.90 Å². The monoisotopic (exact) mass is 492 g/mol. The summed E-state index contributed by atoms with van der Waals surface area (Å²) in [5.74, 6) is 1.06. The van der Waals surface area contributed by atoms with Crippen molar-refractivity contribution in [3.63, 3.8) is 0 Å². The van der Waals surface area contributed by atoms with Gasteiger partial charge in [-0.15, -0.1) is 0 Å². The SMILES string of the molecule is C/C=C\C=C(\OC)C(=C=C1OCC2=NCC(C)=C(C(F)(F)F)N2c2ccc(C)cc21)OC.CCO. The number of anilines is 1. The molecular formula is C26H31F3N2O4. The third-order valence-corrected chi connectivity index (χ3v) is 4.95. The van der Waals surface area contributed by atoms with Crippen LogP contribution in [0.5, 0.6) is 0 Å². The van der Waals surface area contributed by atoms with Gasteiger partial charge < -0.3 is 19.3 Å². The lowest BCUT2D eigenvalue weighted by Gasteiger charge is -2.33. The number of allylic oxidation sites excluding steroid dienone is 4. The molecule has 1 aromatic carbocycles. The van der Waals surface area contributed by atoms with Crippen molar-refractivity contribution in [3.05, 3.63) is 76.1 Å². The Morgan fingerprint density at radius 1 is 1.26 bits per heavy atom. The van der Waals surface area contributed by atoms with Gasteiger partial charge in [-0.1, -0.05) is 23.8 Å². The van der Waals surface area contributed by atoms with Gasteiger partial charge in [0.05, 0.1) is 26.5 Å². The molecule has 190 valence electrons. The van der Waals surface area contributed by atoms with E-state index < -0.39 is 11.9 Å². The first-order chi connectivity index (χ1) is 16.6. The Labute approximate surface area is 204 Å². The number of halogens is 3. The van der Waals surface area contributed by atoms with E-state index in [0.29, 0.717) is 17.0 Å². The molecule has 2 heterocycles. The van der Waals surface area contributed by atoms with Gasteiger partial charge >= 0.3 is 6.18 Å². The normalized spacial score (nSPS) is 15.7. The van der Waals surface area contributed by atoms with E-state index in [4.69, 9.17) is 19.3 Å². The number of aliphatic imine (C=N–C) groups is 1. The zero-order chi connectivity index (χ0) is 26.2. The van der Waals surface area contributed by atoms with Gasteiger partial charge in [-0.25, -0.2) is 0 Å². The molecule has 0 atom stereocenters. The largest absolute Gasteiger partial charge is 0.492 e. The van der Waals surface area contributed by atoms with E-state index in [2.05, 4.69) is 10.7 Å². The lowest BCUT2D eigenvalue weighted by molar-refractivity contribution is -0.0932. The van der Waals surface area contributed by atoms with Crippen LogP contribution in [0.15, 0.2) is 69.9 Å². The maximum absolute atomic E-state index is 14.0. The van der Waals surface area contributed by atoms with Crippen LogP contribution in [0.25, 0.3) is 5.76 Å². The molecule has 9 heteroatoms. The average molecular weight is 493 g/mol. The fraction of sp³-hybridized carbons (Fsp3) is 0.385. The summed E-state index contributed by atoms with van der Waals surface area (Å²) in [4.78, 5) is 5.48. The van der Waals surface area contributed by atoms with E-state index in [1.54, 1.807) is 37.3 Å². The van der Waals surface area contributed by atoms with Crippen molar-refractivity contribution in [1.82, 2.24) is 0 Å². The summed E-state index contributed by atoms with van der Waals surface area (Å²) in [7, 11) is 2.95. The molecule has 0 saturated carbocycles. The summed E-state index contributed by atoms with van der Waals surface area (Å²) < 4.78 is 58.8. The Kier molecular flexibility index (Phi) is 9.80. The first-order valence-electron chi connectivity index (χ1n) is 11.0. The standard InChI is InChI=1S/C24H25F3N2O3.C2H6O/c1-6-7-8-19(30-4)21(31-5)12-20-17-11-15(2)9-10-18(17)29-22(14-32-20)28-13-16(3)23(29)24(25,26)27;1-2-3/h6-11H,13-14H2,1-5H3;3H,2H2,1H3/b7-6-,19-8+;. The smallest absolute Gasteiger partial charge is 0.431 e. The van der Waals surface area contributed by atoms with E-state index in [0.717, 1.165) is 10.5 Å². The van der Waals surface area contributed by atoms with Gasteiger partial charge in [0, 0.05) is 12.2 Å². The molecule has 0 spiro atoms. The lowest BCUT2D eigenvalue weighted by atomic mass is 10.0. The molecular weight excluding hydrogens is 461 g/mol. The minimum Gasteiger partial charge on any atom is -0.492 e. The van der Waals surface area contributed by atoms with Crippen LogP contribution in [0.4, 0.5) is 18.9 Å². The second-order valence-electron chi connectivity index (χ2n) is 7.57. The minimum absolute atomic E-state index is 0.0383. The maximum Gasteiger partial charge on any atom is 0.431 e. The molecule has 2 aliphatic heterocycles. The van der Waals surface area contributed by atoms with E-state index in [9.17, 15) is 13.2 Å². The first-order valence-corrected chi connectivity index (χ1v) is 11.0. The molecule has 3 rings (SSSR count). The van der Waals surface area contributed by atoms with Crippen LogP contribution in [-0.4, -0.2) is 51.1 Å². The van der Waals surface area contributed by atoms with Gasteiger partial charge in [0.15, 0.2) is 11.5 Å². The minimum atomic E-state index is -4.55. The summed E-state index contributed by atoms with van der Waals surface area (Å²) >= 11 is 0. The lowest BCUT2D eigenvalue weighted by Crippen LogP contribution is -2.42. The molecule has 0 amide bonds.